The number of hydrogen-bond donors (Lipinski definition) is 2. The Morgan fingerprint density at radius 1 is 1.48 bits per heavy atom. The number of nitrogens with one attached hydrogen (secondary N) is 1. The summed E-state index contributed by atoms with van der Waals surface area (Å²) in [6.45, 7) is 3.80. The van der Waals surface area contributed by atoms with E-state index in [4.69, 9.17) is 5.11 Å². The minimum absolute atomic E-state index is 0.0137. The third-order valence-electron chi connectivity index (χ3n) is 3.73. The van der Waals surface area contributed by atoms with Crippen LogP contribution in [-0.2, 0) is 4.79 Å². The number of aromatic carboxylic acids is 1. The van der Waals surface area contributed by atoms with Crippen LogP contribution >= 0.6 is 0 Å². The molecule has 1 fully saturated rings. The van der Waals surface area contributed by atoms with Crippen LogP contribution in [0, 0.1) is 17.2 Å². The monoisotopic (exact) mass is 313 g/mol. The predicted molar refractivity (Wildman–Crippen MR) is 85.7 cm³/mol. The standard InChI is InChI=1S/C17H19N3O3/c1-12-4-3-7-20(10-12)11-14(9-18)16(21)19-15-6-2-5-13(8-15)17(22)23/h2,5-6,8,11-12H,3-4,7,10H2,1H3,(H,19,21)(H,22,23)/b14-11-. The zero-order chi connectivity index (χ0) is 16.8. The molecule has 1 saturated heterocycles. The number of carbonyl (C=O) groups is 2. The molecule has 6 heteroatoms. The van der Waals surface area contributed by atoms with E-state index in [1.54, 1.807) is 18.3 Å². The van der Waals surface area contributed by atoms with Gasteiger partial charge in [-0.2, -0.15) is 5.26 Å². The Kier molecular flexibility index (Phi) is 5.36. The topological polar surface area (TPSA) is 93.4 Å². The molecular formula is C17H19N3O3. The average Bonchev–Trinajstić information content (AvgIpc) is 2.52. The van der Waals surface area contributed by atoms with Crippen LogP contribution in [0.15, 0.2) is 36.0 Å². The van der Waals surface area contributed by atoms with Gasteiger partial charge in [0.2, 0.25) is 0 Å². The first-order chi connectivity index (χ1) is 11.0. The Labute approximate surface area is 135 Å². The Hall–Kier alpha value is -2.81. The van der Waals surface area contributed by atoms with Crippen molar-refractivity contribution in [1.82, 2.24) is 4.90 Å². The van der Waals surface area contributed by atoms with Crippen molar-refractivity contribution in [2.75, 3.05) is 18.4 Å². The quantitative estimate of drug-likeness (QED) is 0.658. The van der Waals surface area contributed by atoms with Crippen molar-refractivity contribution in [2.24, 2.45) is 5.92 Å². The lowest BCUT2D eigenvalue weighted by Crippen LogP contribution is -2.31. The maximum atomic E-state index is 12.2. The number of nitrogens with zero attached hydrogens (tertiary/aromatic N) is 2. The number of piperidine rings is 1. The Bertz CT molecular complexity index is 676. The van der Waals surface area contributed by atoms with Crippen LogP contribution in [-0.4, -0.2) is 35.0 Å². The molecule has 0 saturated carbocycles. The van der Waals surface area contributed by atoms with Gasteiger partial charge in [0.05, 0.1) is 5.56 Å². The highest BCUT2D eigenvalue weighted by Gasteiger charge is 2.17. The smallest absolute Gasteiger partial charge is 0.335 e. The van der Waals surface area contributed by atoms with Crippen LogP contribution in [0.2, 0.25) is 0 Å². The zero-order valence-electron chi connectivity index (χ0n) is 13.0. The molecule has 2 N–H and O–H groups in total. The fraction of sp³-hybridized carbons (Fsp3) is 0.353. The normalized spacial score (nSPS) is 18.2. The summed E-state index contributed by atoms with van der Waals surface area (Å²) in [6, 6.07) is 7.84. The summed E-state index contributed by atoms with van der Waals surface area (Å²) in [4.78, 5) is 25.1. The van der Waals surface area contributed by atoms with Crippen molar-refractivity contribution < 1.29 is 14.7 Å². The number of carbonyl (C=O) groups excluding carboxylic acids is 1. The van der Waals surface area contributed by atoms with E-state index in [9.17, 15) is 14.9 Å². The molecule has 2 rings (SSSR count). The van der Waals surface area contributed by atoms with Crippen molar-refractivity contribution in [1.29, 1.82) is 5.26 Å². The molecule has 1 unspecified atom stereocenters. The largest absolute Gasteiger partial charge is 0.478 e. The third-order valence-corrected chi connectivity index (χ3v) is 3.73. The fourth-order valence-corrected chi connectivity index (χ4v) is 2.59. The molecule has 1 aliphatic heterocycles. The minimum Gasteiger partial charge on any atom is -0.478 e. The first-order valence-electron chi connectivity index (χ1n) is 7.50. The molecular weight excluding hydrogens is 294 g/mol. The van der Waals surface area contributed by atoms with E-state index in [0.29, 0.717) is 11.6 Å². The van der Waals surface area contributed by atoms with Crippen LogP contribution in [0.3, 0.4) is 0 Å². The van der Waals surface area contributed by atoms with E-state index < -0.39 is 11.9 Å². The lowest BCUT2D eigenvalue weighted by molar-refractivity contribution is -0.112. The highest BCUT2D eigenvalue weighted by atomic mass is 16.4. The van der Waals surface area contributed by atoms with Crippen LogP contribution in [0.1, 0.15) is 30.1 Å². The number of nitriles is 1. The molecule has 0 spiro atoms. The van der Waals surface area contributed by atoms with Gasteiger partial charge in [0.15, 0.2) is 0 Å². The SMILES string of the molecule is CC1CCCN(/C=C(/C#N)C(=O)Nc2cccc(C(=O)O)c2)C1. The maximum Gasteiger partial charge on any atom is 0.335 e. The predicted octanol–water partition coefficient (Wildman–Crippen LogP) is 2.46. The van der Waals surface area contributed by atoms with Crippen molar-refractivity contribution in [3.63, 3.8) is 0 Å². The van der Waals surface area contributed by atoms with Crippen molar-refractivity contribution in [2.45, 2.75) is 19.8 Å². The molecule has 1 atom stereocenters. The van der Waals surface area contributed by atoms with Gasteiger partial charge in [-0.05, 0) is 37.0 Å². The minimum atomic E-state index is -1.07. The van der Waals surface area contributed by atoms with Gasteiger partial charge in [0.1, 0.15) is 11.6 Å². The second-order valence-electron chi connectivity index (χ2n) is 5.74. The van der Waals surface area contributed by atoms with Gasteiger partial charge in [-0.15, -0.1) is 0 Å². The number of carboxylic acid groups (broad SMARTS) is 1. The molecule has 0 aliphatic carbocycles. The first kappa shape index (κ1) is 16.6. The molecule has 6 nitrogen and oxygen atoms in total. The van der Waals surface area contributed by atoms with Crippen molar-refractivity contribution in [3.8, 4) is 6.07 Å². The number of hydrogen-bond acceptors (Lipinski definition) is 4. The van der Waals surface area contributed by atoms with Gasteiger partial charge in [-0.1, -0.05) is 13.0 Å². The van der Waals surface area contributed by atoms with Gasteiger partial charge in [-0.25, -0.2) is 4.79 Å². The Morgan fingerprint density at radius 2 is 2.26 bits per heavy atom. The molecule has 1 aromatic rings. The summed E-state index contributed by atoms with van der Waals surface area (Å²) < 4.78 is 0. The van der Waals surface area contributed by atoms with Gasteiger partial charge in [0.25, 0.3) is 5.91 Å². The molecule has 1 heterocycles. The molecule has 1 amide bonds. The molecule has 1 aromatic carbocycles. The molecule has 120 valence electrons. The second-order valence-corrected chi connectivity index (χ2v) is 5.74. The number of carboxylic acids is 1. The van der Waals surface area contributed by atoms with Crippen LogP contribution < -0.4 is 5.32 Å². The van der Waals surface area contributed by atoms with Gasteiger partial charge < -0.3 is 15.3 Å². The van der Waals surface area contributed by atoms with Gasteiger partial charge in [0, 0.05) is 25.0 Å². The maximum absolute atomic E-state index is 12.2. The van der Waals surface area contributed by atoms with E-state index >= 15 is 0 Å². The van der Waals surface area contributed by atoms with E-state index in [0.717, 1.165) is 25.9 Å². The van der Waals surface area contributed by atoms with E-state index in [-0.39, 0.29) is 11.1 Å². The molecule has 0 bridgehead atoms. The molecule has 0 aromatic heterocycles. The summed E-state index contributed by atoms with van der Waals surface area (Å²) >= 11 is 0. The number of rotatable bonds is 4. The summed E-state index contributed by atoms with van der Waals surface area (Å²) in [5.74, 6) is -1.07. The van der Waals surface area contributed by atoms with Crippen LogP contribution in [0.5, 0.6) is 0 Å². The second kappa shape index (κ2) is 7.45. The van der Waals surface area contributed by atoms with E-state index in [2.05, 4.69) is 12.2 Å². The summed E-state index contributed by atoms with van der Waals surface area (Å²) in [6.07, 6.45) is 3.78. The first-order valence-corrected chi connectivity index (χ1v) is 7.50. The molecule has 1 aliphatic rings. The Balaban J connectivity index is 2.10. The zero-order valence-corrected chi connectivity index (χ0v) is 13.0. The van der Waals surface area contributed by atoms with Crippen molar-refractivity contribution in [3.05, 3.63) is 41.6 Å². The van der Waals surface area contributed by atoms with Gasteiger partial charge in [-0.3, -0.25) is 4.79 Å². The fourth-order valence-electron chi connectivity index (χ4n) is 2.59. The van der Waals surface area contributed by atoms with Crippen LogP contribution in [0.4, 0.5) is 5.69 Å². The van der Waals surface area contributed by atoms with E-state index in [1.165, 1.54) is 12.1 Å². The van der Waals surface area contributed by atoms with E-state index in [1.807, 2.05) is 11.0 Å². The average molecular weight is 313 g/mol. The third kappa shape index (κ3) is 4.58. The summed E-state index contributed by atoms with van der Waals surface area (Å²) in [7, 11) is 0. The molecule has 23 heavy (non-hydrogen) atoms. The molecule has 0 radical (unpaired) electrons. The summed E-state index contributed by atoms with van der Waals surface area (Å²) in [5, 5.41) is 20.7. The van der Waals surface area contributed by atoms with Crippen molar-refractivity contribution >= 4 is 17.6 Å². The summed E-state index contributed by atoms with van der Waals surface area (Å²) in [5.41, 5.74) is 0.443. The number of likely N-dealkylation sites (tertiary alicyclic amines) is 1. The lowest BCUT2D eigenvalue weighted by atomic mass is 10.0. The lowest BCUT2D eigenvalue weighted by Gasteiger charge is -2.29. The van der Waals surface area contributed by atoms with Gasteiger partial charge >= 0.3 is 5.97 Å². The number of anilines is 1. The van der Waals surface area contributed by atoms with Crippen LogP contribution in [0.25, 0.3) is 0 Å². The highest BCUT2D eigenvalue weighted by molar-refractivity contribution is 6.06. The Morgan fingerprint density at radius 3 is 2.91 bits per heavy atom. The number of amides is 1. The highest BCUT2D eigenvalue weighted by Crippen LogP contribution is 2.17. The number of benzene rings is 1.